The molecule has 7 nitrogen and oxygen atoms in total. The van der Waals surface area contributed by atoms with Gasteiger partial charge < -0.3 is 4.57 Å². The van der Waals surface area contributed by atoms with E-state index in [9.17, 15) is 8.42 Å². The number of rotatable bonds is 11. The molecule has 0 amide bonds. The monoisotopic (exact) mass is 595 g/mol. The van der Waals surface area contributed by atoms with E-state index in [1.54, 1.807) is 27.4 Å². The van der Waals surface area contributed by atoms with Gasteiger partial charge in [0.2, 0.25) is 10.0 Å². The summed E-state index contributed by atoms with van der Waals surface area (Å²) >= 11 is 3.54. The Bertz CT molecular complexity index is 1570. The van der Waals surface area contributed by atoms with Gasteiger partial charge in [0.1, 0.15) is 0 Å². The molecule has 1 fully saturated rings. The molecule has 2 aliphatic rings. The van der Waals surface area contributed by atoms with Crippen molar-refractivity contribution in [3.63, 3.8) is 0 Å². The SMILES string of the molecule is Cn1c(SCCCCCCN2CCc3ccc(S(=O)(=O)N4CCCC4)cc3C2)nnc1-c1csc2ccccc12. The Labute approximate surface area is 245 Å². The van der Waals surface area contributed by atoms with Crippen molar-refractivity contribution in [2.45, 2.75) is 61.5 Å². The number of hydrogen-bond donors (Lipinski definition) is 0. The molecule has 1 saturated heterocycles. The van der Waals surface area contributed by atoms with E-state index in [0.29, 0.717) is 18.0 Å². The Hall–Kier alpha value is -2.24. The number of fused-ring (bicyclic) bond motifs is 2. The van der Waals surface area contributed by atoms with Crippen molar-refractivity contribution in [1.29, 1.82) is 0 Å². The average molecular weight is 596 g/mol. The summed E-state index contributed by atoms with van der Waals surface area (Å²) in [4.78, 5) is 2.95. The normalized spacial score (nSPS) is 16.6. The number of thiophene rings is 1. The van der Waals surface area contributed by atoms with Gasteiger partial charge in [-0.1, -0.05) is 48.9 Å². The Morgan fingerprint density at radius 3 is 2.65 bits per heavy atom. The van der Waals surface area contributed by atoms with E-state index >= 15 is 0 Å². The fourth-order valence-corrected chi connectivity index (χ4v) is 9.22. The molecule has 0 saturated carbocycles. The lowest BCUT2D eigenvalue weighted by Gasteiger charge is -2.29. The van der Waals surface area contributed by atoms with Gasteiger partial charge in [0.15, 0.2) is 11.0 Å². The highest BCUT2D eigenvalue weighted by Crippen LogP contribution is 2.34. The van der Waals surface area contributed by atoms with Gasteiger partial charge in [-0.05, 0) is 68.0 Å². The van der Waals surface area contributed by atoms with E-state index in [2.05, 4.69) is 56.4 Å². The van der Waals surface area contributed by atoms with Crippen LogP contribution in [-0.2, 0) is 30.0 Å². The summed E-state index contributed by atoms with van der Waals surface area (Å²) in [7, 11) is -1.30. The molecule has 0 aliphatic carbocycles. The fraction of sp³-hybridized carbons (Fsp3) is 0.467. The van der Waals surface area contributed by atoms with Crippen LogP contribution in [0.1, 0.15) is 49.7 Å². The van der Waals surface area contributed by atoms with Crippen LogP contribution in [0.15, 0.2) is 57.9 Å². The second-order valence-corrected chi connectivity index (χ2v) is 14.8. The minimum Gasteiger partial charge on any atom is -0.305 e. The van der Waals surface area contributed by atoms with Gasteiger partial charge >= 0.3 is 0 Å². The van der Waals surface area contributed by atoms with Crippen molar-refractivity contribution >= 4 is 43.2 Å². The summed E-state index contributed by atoms with van der Waals surface area (Å²) in [6.07, 6.45) is 7.67. The first-order valence-corrected chi connectivity index (χ1v) is 17.6. The summed E-state index contributed by atoms with van der Waals surface area (Å²) in [5.41, 5.74) is 3.64. The van der Waals surface area contributed by atoms with Crippen LogP contribution in [0.25, 0.3) is 21.5 Å². The Kier molecular flexibility index (Phi) is 8.60. The molecule has 6 rings (SSSR count). The molecule has 0 radical (unpaired) electrons. The van der Waals surface area contributed by atoms with Crippen LogP contribution >= 0.6 is 23.1 Å². The van der Waals surface area contributed by atoms with Crippen molar-refractivity contribution in [3.05, 3.63) is 59.0 Å². The highest BCUT2D eigenvalue weighted by molar-refractivity contribution is 7.99. The number of unbranched alkanes of at least 4 members (excludes halogenated alkanes) is 3. The Morgan fingerprint density at radius 2 is 1.77 bits per heavy atom. The van der Waals surface area contributed by atoms with Crippen molar-refractivity contribution in [1.82, 2.24) is 24.0 Å². The van der Waals surface area contributed by atoms with Gasteiger partial charge in [-0.25, -0.2) is 8.42 Å². The van der Waals surface area contributed by atoms with Crippen LogP contribution in [0.5, 0.6) is 0 Å². The predicted octanol–water partition coefficient (Wildman–Crippen LogP) is 6.19. The van der Waals surface area contributed by atoms with Crippen LogP contribution in [-0.4, -0.2) is 64.3 Å². The van der Waals surface area contributed by atoms with Gasteiger partial charge in [-0.15, -0.1) is 21.5 Å². The molecule has 2 aromatic heterocycles. The van der Waals surface area contributed by atoms with Gasteiger partial charge in [-0.3, -0.25) is 4.90 Å². The zero-order chi connectivity index (χ0) is 27.5. The maximum absolute atomic E-state index is 13.0. The molecular formula is C30H37N5O2S3. The van der Waals surface area contributed by atoms with Crippen LogP contribution < -0.4 is 0 Å². The zero-order valence-electron chi connectivity index (χ0n) is 23.1. The summed E-state index contributed by atoms with van der Waals surface area (Å²) in [5, 5.41) is 13.4. The molecular weight excluding hydrogens is 559 g/mol. The third-order valence-electron chi connectivity index (χ3n) is 8.13. The van der Waals surface area contributed by atoms with Gasteiger partial charge in [0, 0.05) is 60.0 Å². The number of thioether (sulfide) groups is 1. The molecule has 40 heavy (non-hydrogen) atoms. The van der Waals surface area contributed by atoms with Crippen molar-refractivity contribution in [2.75, 3.05) is 31.9 Å². The lowest BCUT2D eigenvalue weighted by molar-refractivity contribution is 0.248. The van der Waals surface area contributed by atoms with Gasteiger partial charge in [0.05, 0.1) is 4.90 Å². The van der Waals surface area contributed by atoms with E-state index in [1.807, 2.05) is 18.2 Å². The van der Waals surface area contributed by atoms with Gasteiger partial charge in [-0.2, -0.15) is 4.31 Å². The average Bonchev–Trinajstić information content (AvgIpc) is 3.73. The third-order valence-corrected chi connectivity index (χ3v) is 12.1. The molecule has 4 heterocycles. The standard InChI is InChI=1S/C30H37N5O2S3/c1-33-29(27-22-39-28-11-5-4-10-26(27)28)31-32-30(33)38-19-9-3-2-6-15-34-18-14-23-12-13-25(20-24(23)21-34)40(36,37)35-16-7-8-17-35/h4-5,10-13,20,22H,2-3,6-9,14-19,21H2,1H3. The number of aromatic nitrogens is 3. The molecule has 0 atom stereocenters. The topological polar surface area (TPSA) is 71.3 Å². The summed E-state index contributed by atoms with van der Waals surface area (Å²) in [6.45, 7) is 4.26. The molecule has 4 aromatic rings. The number of sulfonamides is 1. The summed E-state index contributed by atoms with van der Waals surface area (Å²) < 4.78 is 31.1. The summed E-state index contributed by atoms with van der Waals surface area (Å²) in [6, 6.07) is 14.2. The molecule has 212 valence electrons. The second kappa shape index (κ2) is 12.3. The maximum atomic E-state index is 13.0. The molecule has 2 aromatic carbocycles. The summed E-state index contributed by atoms with van der Waals surface area (Å²) in [5.74, 6) is 1.98. The van der Waals surface area contributed by atoms with Crippen molar-refractivity contribution < 1.29 is 8.42 Å². The lowest BCUT2D eigenvalue weighted by atomic mass is 9.99. The van der Waals surface area contributed by atoms with Crippen LogP contribution in [0.2, 0.25) is 0 Å². The highest BCUT2D eigenvalue weighted by atomic mass is 32.2. The van der Waals surface area contributed by atoms with Crippen LogP contribution in [0.4, 0.5) is 0 Å². The molecule has 0 N–H and O–H groups in total. The minimum atomic E-state index is -3.36. The first-order chi connectivity index (χ1) is 19.5. The first-order valence-electron chi connectivity index (χ1n) is 14.3. The second-order valence-electron chi connectivity index (χ2n) is 10.8. The Morgan fingerprint density at radius 1 is 0.950 bits per heavy atom. The third kappa shape index (κ3) is 5.87. The Balaban J connectivity index is 0.936. The zero-order valence-corrected chi connectivity index (χ0v) is 25.5. The van der Waals surface area contributed by atoms with E-state index in [0.717, 1.165) is 67.6 Å². The van der Waals surface area contributed by atoms with Crippen molar-refractivity contribution in [3.8, 4) is 11.4 Å². The highest BCUT2D eigenvalue weighted by Gasteiger charge is 2.28. The molecule has 0 spiro atoms. The van der Waals surface area contributed by atoms with Crippen molar-refractivity contribution in [2.24, 2.45) is 7.05 Å². The van der Waals surface area contributed by atoms with E-state index < -0.39 is 10.0 Å². The molecule has 0 unspecified atom stereocenters. The largest absolute Gasteiger partial charge is 0.305 e. The quantitative estimate of drug-likeness (QED) is 0.152. The van der Waals surface area contributed by atoms with Crippen LogP contribution in [0, 0.1) is 0 Å². The molecule has 0 bridgehead atoms. The number of benzene rings is 2. The van der Waals surface area contributed by atoms with Crippen LogP contribution in [0.3, 0.4) is 0 Å². The lowest BCUT2D eigenvalue weighted by Crippen LogP contribution is -2.32. The van der Waals surface area contributed by atoms with E-state index in [-0.39, 0.29) is 0 Å². The van der Waals surface area contributed by atoms with E-state index in [4.69, 9.17) is 0 Å². The first kappa shape index (κ1) is 27.9. The van der Waals surface area contributed by atoms with Gasteiger partial charge in [0.25, 0.3) is 0 Å². The maximum Gasteiger partial charge on any atom is 0.243 e. The smallest absolute Gasteiger partial charge is 0.243 e. The molecule has 10 heteroatoms. The fourth-order valence-electron chi connectivity index (χ4n) is 5.80. The van der Waals surface area contributed by atoms with E-state index in [1.165, 1.54) is 40.5 Å². The molecule has 2 aliphatic heterocycles. The number of hydrogen-bond acceptors (Lipinski definition) is 7. The number of nitrogens with zero attached hydrogens (tertiary/aromatic N) is 5. The predicted molar refractivity (Wildman–Crippen MR) is 164 cm³/mol. The minimum absolute atomic E-state index is 0.464.